The van der Waals surface area contributed by atoms with Gasteiger partial charge in [0.15, 0.2) is 0 Å². The normalized spacial score (nSPS) is 16.3. The van der Waals surface area contributed by atoms with Gasteiger partial charge >= 0.3 is 0 Å². The molecule has 1 amide bonds. The van der Waals surface area contributed by atoms with E-state index in [1.165, 1.54) is 5.56 Å². The second kappa shape index (κ2) is 7.47. The molecule has 1 aliphatic heterocycles. The van der Waals surface area contributed by atoms with Crippen LogP contribution in [0.1, 0.15) is 28.3 Å². The number of carbonyl (C=O) groups excluding carboxylic acids is 1. The SMILES string of the molecule is O=C(c1ccc(-c2ccc3ncccc3c2)cc1)N1CCC(c2cccnc2)C1. The molecule has 1 saturated heterocycles. The van der Waals surface area contributed by atoms with Crippen LogP contribution in [0.4, 0.5) is 0 Å². The first-order valence-corrected chi connectivity index (χ1v) is 9.92. The summed E-state index contributed by atoms with van der Waals surface area (Å²) in [6.07, 6.45) is 6.49. The van der Waals surface area contributed by atoms with Crippen molar-refractivity contribution < 1.29 is 4.79 Å². The number of likely N-dealkylation sites (tertiary alicyclic amines) is 1. The standard InChI is InChI=1S/C25H21N3O/c29-25(28-14-11-23(17-28)22-4-1-12-26-16-22)19-7-5-18(6-8-19)20-9-10-24-21(15-20)3-2-13-27-24/h1-10,12-13,15-16,23H,11,14,17H2. The zero-order chi connectivity index (χ0) is 19.6. The molecule has 3 heterocycles. The van der Waals surface area contributed by atoms with Crippen LogP contribution in [0, 0.1) is 0 Å². The number of fused-ring (bicyclic) bond motifs is 1. The number of pyridine rings is 2. The minimum atomic E-state index is 0.102. The highest BCUT2D eigenvalue weighted by Gasteiger charge is 2.28. The third kappa shape index (κ3) is 3.49. The lowest BCUT2D eigenvalue weighted by Crippen LogP contribution is -2.28. The Labute approximate surface area is 169 Å². The molecule has 0 N–H and O–H groups in total. The van der Waals surface area contributed by atoms with Crippen LogP contribution in [0.15, 0.2) is 85.3 Å². The summed E-state index contributed by atoms with van der Waals surface area (Å²) >= 11 is 0. The summed E-state index contributed by atoms with van der Waals surface area (Å²) in [6, 6.07) is 22.2. The van der Waals surface area contributed by atoms with Crippen molar-refractivity contribution in [2.75, 3.05) is 13.1 Å². The summed E-state index contributed by atoms with van der Waals surface area (Å²) in [4.78, 5) is 23.5. The van der Waals surface area contributed by atoms with Gasteiger partial charge in [0, 0.05) is 48.5 Å². The van der Waals surface area contributed by atoms with Gasteiger partial charge in [-0.3, -0.25) is 14.8 Å². The van der Waals surface area contributed by atoms with Crippen LogP contribution < -0.4 is 0 Å². The van der Waals surface area contributed by atoms with Gasteiger partial charge in [0.1, 0.15) is 0 Å². The fourth-order valence-electron chi connectivity index (χ4n) is 4.08. The predicted octanol–water partition coefficient (Wildman–Crippen LogP) is 4.93. The number of nitrogens with zero attached hydrogens (tertiary/aromatic N) is 3. The van der Waals surface area contributed by atoms with E-state index < -0.39 is 0 Å². The van der Waals surface area contributed by atoms with Gasteiger partial charge in [-0.05, 0) is 59.5 Å². The summed E-state index contributed by atoms with van der Waals surface area (Å²) < 4.78 is 0. The van der Waals surface area contributed by atoms with Gasteiger partial charge in [0.05, 0.1) is 5.52 Å². The van der Waals surface area contributed by atoms with E-state index in [4.69, 9.17) is 0 Å². The molecule has 2 aromatic heterocycles. The zero-order valence-corrected chi connectivity index (χ0v) is 16.0. The molecule has 5 rings (SSSR count). The summed E-state index contributed by atoms with van der Waals surface area (Å²) in [5.41, 5.74) is 5.16. The first kappa shape index (κ1) is 17.6. The summed E-state index contributed by atoms with van der Waals surface area (Å²) in [5.74, 6) is 0.476. The number of rotatable bonds is 3. The molecule has 0 saturated carbocycles. The fourth-order valence-corrected chi connectivity index (χ4v) is 4.08. The number of amides is 1. The van der Waals surface area contributed by atoms with Crippen LogP contribution >= 0.6 is 0 Å². The first-order valence-electron chi connectivity index (χ1n) is 9.92. The molecule has 0 bridgehead atoms. The minimum Gasteiger partial charge on any atom is -0.338 e. The van der Waals surface area contributed by atoms with Crippen LogP contribution in [0.5, 0.6) is 0 Å². The second-order valence-corrected chi connectivity index (χ2v) is 7.51. The third-order valence-corrected chi connectivity index (χ3v) is 5.70. The lowest BCUT2D eigenvalue weighted by Gasteiger charge is -2.17. The first-order chi connectivity index (χ1) is 14.3. The molecule has 142 valence electrons. The van der Waals surface area contributed by atoms with Crippen molar-refractivity contribution in [3.63, 3.8) is 0 Å². The molecule has 29 heavy (non-hydrogen) atoms. The van der Waals surface area contributed by atoms with Gasteiger partial charge in [0.25, 0.3) is 5.91 Å². The monoisotopic (exact) mass is 379 g/mol. The molecule has 0 aliphatic carbocycles. The van der Waals surface area contributed by atoms with E-state index in [1.807, 2.05) is 53.6 Å². The summed E-state index contributed by atoms with van der Waals surface area (Å²) in [5, 5.41) is 1.11. The molecule has 1 fully saturated rings. The highest BCUT2D eigenvalue weighted by molar-refractivity contribution is 5.95. The Hall–Kier alpha value is -3.53. The molecule has 4 nitrogen and oxygen atoms in total. The molecule has 1 unspecified atom stereocenters. The van der Waals surface area contributed by atoms with E-state index in [0.29, 0.717) is 5.92 Å². The Bertz CT molecular complexity index is 1160. The fraction of sp³-hybridized carbons (Fsp3) is 0.160. The Balaban J connectivity index is 1.32. The quantitative estimate of drug-likeness (QED) is 0.507. The zero-order valence-electron chi connectivity index (χ0n) is 16.0. The van der Waals surface area contributed by atoms with E-state index in [9.17, 15) is 4.79 Å². The smallest absolute Gasteiger partial charge is 0.253 e. The van der Waals surface area contributed by atoms with Crippen LogP contribution in [0.2, 0.25) is 0 Å². The molecule has 4 aromatic rings. The largest absolute Gasteiger partial charge is 0.338 e. The maximum atomic E-state index is 12.9. The Morgan fingerprint density at radius 2 is 1.76 bits per heavy atom. The van der Waals surface area contributed by atoms with Gasteiger partial charge in [-0.15, -0.1) is 0 Å². The van der Waals surface area contributed by atoms with E-state index in [-0.39, 0.29) is 5.91 Å². The van der Waals surface area contributed by atoms with Crippen molar-refractivity contribution in [1.29, 1.82) is 0 Å². The van der Waals surface area contributed by atoms with E-state index in [1.54, 1.807) is 12.4 Å². The van der Waals surface area contributed by atoms with Crippen molar-refractivity contribution in [2.45, 2.75) is 12.3 Å². The number of carbonyl (C=O) groups is 1. The van der Waals surface area contributed by atoms with E-state index in [0.717, 1.165) is 47.1 Å². The van der Waals surface area contributed by atoms with Crippen molar-refractivity contribution in [1.82, 2.24) is 14.9 Å². The lowest BCUT2D eigenvalue weighted by atomic mass is 10.0. The summed E-state index contributed by atoms with van der Waals surface area (Å²) in [7, 11) is 0. The van der Waals surface area contributed by atoms with Crippen LogP contribution in [0.25, 0.3) is 22.0 Å². The van der Waals surface area contributed by atoms with Crippen molar-refractivity contribution in [3.8, 4) is 11.1 Å². The van der Waals surface area contributed by atoms with Crippen molar-refractivity contribution >= 4 is 16.8 Å². The molecule has 0 radical (unpaired) electrons. The number of aromatic nitrogens is 2. The Morgan fingerprint density at radius 1 is 0.931 bits per heavy atom. The van der Waals surface area contributed by atoms with Crippen LogP contribution in [-0.2, 0) is 0 Å². The number of hydrogen-bond acceptors (Lipinski definition) is 3. The minimum absolute atomic E-state index is 0.102. The van der Waals surface area contributed by atoms with Gasteiger partial charge < -0.3 is 4.90 Å². The topological polar surface area (TPSA) is 46.1 Å². The van der Waals surface area contributed by atoms with E-state index >= 15 is 0 Å². The Kier molecular flexibility index (Phi) is 4.53. The average Bonchev–Trinajstić information content (AvgIpc) is 3.29. The third-order valence-electron chi connectivity index (χ3n) is 5.70. The average molecular weight is 379 g/mol. The molecule has 4 heteroatoms. The number of benzene rings is 2. The molecule has 2 aromatic carbocycles. The van der Waals surface area contributed by atoms with Gasteiger partial charge in [-0.2, -0.15) is 0 Å². The van der Waals surface area contributed by atoms with Crippen LogP contribution in [0.3, 0.4) is 0 Å². The van der Waals surface area contributed by atoms with Gasteiger partial charge in [-0.1, -0.05) is 30.3 Å². The lowest BCUT2D eigenvalue weighted by molar-refractivity contribution is 0.0791. The Morgan fingerprint density at radius 3 is 2.59 bits per heavy atom. The van der Waals surface area contributed by atoms with Crippen LogP contribution in [-0.4, -0.2) is 33.9 Å². The van der Waals surface area contributed by atoms with E-state index in [2.05, 4.69) is 34.2 Å². The maximum absolute atomic E-state index is 12.9. The van der Waals surface area contributed by atoms with Crippen molar-refractivity contribution in [3.05, 3.63) is 96.4 Å². The predicted molar refractivity (Wildman–Crippen MR) is 115 cm³/mol. The highest BCUT2D eigenvalue weighted by Crippen LogP contribution is 2.28. The number of hydrogen-bond donors (Lipinski definition) is 0. The molecular weight excluding hydrogens is 358 g/mol. The highest BCUT2D eigenvalue weighted by atomic mass is 16.2. The molecule has 1 atom stereocenters. The van der Waals surface area contributed by atoms with Gasteiger partial charge in [0.2, 0.25) is 0 Å². The van der Waals surface area contributed by atoms with Gasteiger partial charge in [-0.25, -0.2) is 0 Å². The summed E-state index contributed by atoms with van der Waals surface area (Å²) in [6.45, 7) is 1.54. The molecular formula is C25H21N3O. The maximum Gasteiger partial charge on any atom is 0.253 e. The van der Waals surface area contributed by atoms with Crippen molar-refractivity contribution in [2.24, 2.45) is 0 Å². The molecule has 0 spiro atoms. The molecule has 1 aliphatic rings. The second-order valence-electron chi connectivity index (χ2n) is 7.51.